The summed E-state index contributed by atoms with van der Waals surface area (Å²) in [6.07, 6.45) is 5.67. The molecular weight excluding hydrogens is 578 g/mol. The molecule has 3 aromatic carbocycles. The zero-order valence-electron chi connectivity index (χ0n) is 24.2. The maximum absolute atomic E-state index is 13.5. The minimum atomic E-state index is -1.02. The van der Waals surface area contributed by atoms with E-state index >= 15 is 0 Å². The molecule has 45 heavy (non-hydrogen) atoms. The molecule has 5 rings (SSSR count). The van der Waals surface area contributed by atoms with Gasteiger partial charge in [-0.15, -0.1) is 0 Å². The van der Waals surface area contributed by atoms with Crippen molar-refractivity contribution in [3.8, 4) is 11.8 Å². The van der Waals surface area contributed by atoms with Crippen molar-refractivity contribution in [3.05, 3.63) is 135 Å². The molecule has 0 aliphatic rings. The summed E-state index contributed by atoms with van der Waals surface area (Å²) >= 11 is 0. The molecule has 5 aromatic rings. The lowest BCUT2D eigenvalue weighted by atomic mass is 10.0. The molecule has 0 atom stereocenters. The average Bonchev–Trinajstić information content (AvgIpc) is 3.05. The molecule has 0 spiro atoms. The molecule has 2 aromatic heterocycles. The third-order valence-corrected chi connectivity index (χ3v) is 7.08. The lowest BCUT2D eigenvalue weighted by molar-refractivity contribution is 0.0967. The van der Waals surface area contributed by atoms with Crippen molar-refractivity contribution >= 4 is 22.5 Å². The number of benzene rings is 3. The van der Waals surface area contributed by atoms with Gasteiger partial charge in [0, 0.05) is 61.2 Å². The number of carbonyl (C=O) groups is 2. The first-order chi connectivity index (χ1) is 21.8. The van der Waals surface area contributed by atoms with E-state index in [-0.39, 0.29) is 37.3 Å². The molecule has 0 saturated heterocycles. The van der Waals surface area contributed by atoms with E-state index in [4.69, 9.17) is 5.11 Å². The lowest BCUT2D eigenvalue weighted by Crippen LogP contribution is -2.27. The summed E-state index contributed by atoms with van der Waals surface area (Å²) in [4.78, 5) is 50.7. The number of halogens is 2. The molecule has 0 unspecified atom stereocenters. The van der Waals surface area contributed by atoms with Gasteiger partial charge in [0.2, 0.25) is 0 Å². The molecule has 226 valence electrons. The molecule has 0 fully saturated rings. The number of fused-ring (bicyclic) bond motifs is 1. The Hall–Kier alpha value is -5.40. The number of aliphatic hydroxyl groups is 1. The van der Waals surface area contributed by atoms with Gasteiger partial charge in [0.05, 0.1) is 18.4 Å². The van der Waals surface area contributed by atoms with Crippen molar-refractivity contribution in [1.82, 2.24) is 19.5 Å². The Balaban J connectivity index is 1.18. The Morgan fingerprint density at radius 3 is 2.47 bits per heavy atom. The number of ketones is 2. The first kappa shape index (κ1) is 31.0. The van der Waals surface area contributed by atoms with Crippen LogP contribution < -0.4 is 5.56 Å². The van der Waals surface area contributed by atoms with Crippen molar-refractivity contribution in [2.24, 2.45) is 0 Å². The van der Waals surface area contributed by atoms with Gasteiger partial charge in [0.15, 0.2) is 23.2 Å². The standard InChI is InChI=1S/C35H28F2N4O4/c36-29-13-9-25(17-30(29)37)21-41-22-38-20-28(35(41)45)33(44)5-2-1-4-23-10-14-31-27(16-23)19-39-34(40-31)18-24-7-11-26(12-8-24)32(43)6-3-15-42/h7-14,16-17,19-20,22,42H,2-3,5-6,15,18,21H2. The van der Waals surface area contributed by atoms with Crippen LogP contribution in [0.5, 0.6) is 0 Å². The van der Waals surface area contributed by atoms with Crippen LogP contribution >= 0.6 is 0 Å². The topological polar surface area (TPSA) is 115 Å². The van der Waals surface area contributed by atoms with Gasteiger partial charge in [-0.2, -0.15) is 0 Å². The molecule has 8 nitrogen and oxygen atoms in total. The van der Waals surface area contributed by atoms with Gasteiger partial charge in [-0.05, 0) is 47.9 Å². The van der Waals surface area contributed by atoms with Gasteiger partial charge < -0.3 is 5.11 Å². The second-order valence-electron chi connectivity index (χ2n) is 10.4. The monoisotopic (exact) mass is 606 g/mol. The number of aliphatic hydroxyl groups excluding tert-OH is 1. The first-order valence-electron chi connectivity index (χ1n) is 14.3. The summed E-state index contributed by atoms with van der Waals surface area (Å²) in [7, 11) is 0. The van der Waals surface area contributed by atoms with Crippen LogP contribution in [0.1, 0.15) is 68.9 Å². The third kappa shape index (κ3) is 7.96. The second kappa shape index (κ2) is 14.4. The molecule has 1 N–H and O–H groups in total. The third-order valence-electron chi connectivity index (χ3n) is 7.08. The zero-order chi connectivity index (χ0) is 31.8. The molecule has 0 radical (unpaired) electrons. The Bertz CT molecular complexity index is 2000. The molecule has 2 heterocycles. The minimum absolute atomic E-state index is 0.000472. The van der Waals surface area contributed by atoms with Crippen LogP contribution in [-0.4, -0.2) is 42.8 Å². The highest BCUT2D eigenvalue weighted by molar-refractivity contribution is 5.96. The van der Waals surface area contributed by atoms with Crippen LogP contribution in [0.3, 0.4) is 0 Å². The highest BCUT2D eigenvalue weighted by atomic mass is 19.2. The highest BCUT2D eigenvalue weighted by Gasteiger charge is 2.13. The van der Waals surface area contributed by atoms with E-state index in [1.54, 1.807) is 18.3 Å². The van der Waals surface area contributed by atoms with Gasteiger partial charge in [-0.3, -0.25) is 19.0 Å². The molecule has 0 amide bonds. The molecule has 0 saturated carbocycles. The second-order valence-corrected chi connectivity index (χ2v) is 10.4. The zero-order valence-corrected chi connectivity index (χ0v) is 24.2. The molecular formula is C35H28F2N4O4. The van der Waals surface area contributed by atoms with E-state index in [2.05, 4.69) is 26.8 Å². The number of rotatable bonds is 11. The minimum Gasteiger partial charge on any atom is -0.396 e. The van der Waals surface area contributed by atoms with Crippen LogP contribution in [0.25, 0.3) is 10.9 Å². The summed E-state index contributed by atoms with van der Waals surface area (Å²) in [5, 5.41) is 9.72. The summed E-state index contributed by atoms with van der Waals surface area (Å²) in [6.45, 7) is -0.0661. The van der Waals surface area contributed by atoms with Crippen LogP contribution in [0.2, 0.25) is 0 Å². The maximum Gasteiger partial charge on any atom is 0.264 e. The SMILES string of the molecule is O=C(CCCO)c1ccc(Cc2ncc3cc(C#CCCC(=O)c4cncn(Cc5ccc(F)c(F)c5)c4=O)ccc3n2)cc1. The predicted octanol–water partition coefficient (Wildman–Crippen LogP) is 5.07. The van der Waals surface area contributed by atoms with Gasteiger partial charge in [-0.1, -0.05) is 42.2 Å². The van der Waals surface area contributed by atoms with Gasteiger partial charge in [0.25, 0.3) is 5.56 Å². The number of hydrogen-bond donors (Lipinski definition) is 1. The fourth-order valence-electron chi connectivity index (χ4n) is 4.67. The largest absolute Gasteiger partial charge is 0.396 e. The molecule has 0 bridgehead atoms. The van der Waals surface area contributed by atoms with E-state index < -0.39 is 23.0 Å². The summed E-state index contributed by atoms with van der Waals surface area (Å²) in [6, 6.07) is 16.2. The number of hydrogen-bond acceptors (Lipinski definition) is 7. The number of Topliss-reactive ketones (excluding diaryl/α,β-unsaturated/α-hetero) is 2. The molecule has 0 aliphatic heterocycles. The number of carbonyl (C=O) groups excluding carboxylic acids is 2. The van der Waals surface area contributed by atoms with Crippen molar-refractivity contribution in [2.45, 2.75) is 38.6 Å². The maximum atomic E-state index is 13.5. The van der Waals surface area contributed by atoms with Crippen LogP contribution in [0.15, 0.2) is 84.2 Å². The predicted molar refractivity (Wildman–Crippen MR) is 164 cm³/mol. The molecule has 0 aliphatic carbocycles. The smallest absolute Gasteiger partial charge is 0.264 e. The summed E-state index contributed by atoms with van der Waals surface area (Å²) in [5.41, 5.74) is 2.77. The van der Waals surface area contributed by atoms with Crippen molar-refractivity contribution < 1.29 is 23.5 Å². The summed E-state index contributed by atoms with van der Waals surface area (Å²) < 4.78 is 27.9. The van der Waals surface area contributed by atoms with E-state index in [0.717, 1.165) is 34.2 Å². The van der Waals surface area contributed by atoms with Gasteiger partial charge in [-0.25, -0.2) is 23.7 Å². The lowest BCUT2D eigenvalue weighted by Gasteiger charge is -2.07. The van der Waals surface area contributed by atoms with E-state index in [9.17, 15) is 23.2 Å². The Morgan fingerprint density at radius 1 is 0.889 bits per heavy atom. The van der Waals surface area contributed by atoms with Crippen LogP contribution in [0.4, 0.5) is 8.78 Å². The van der Waals surface area contributed by atoms with Crippen molar-refractivity contribution in [3.63, 3.8) is 0 Å². The number of aromatic nitrogens is 4. The first-order valence-corrected chi connectivity index (χ1v) is 14.3. The fraction of sp³-hybridized carbons (Fsp3) is 0.200. The van der Waals surface area contributed by atoms with Crippen molar-refractivity contribution in [1.29, 1.82) is 0 Å². The Labute approximate surface area is 257 Å². The Morgan fingerprint density at radius 2 is 1.69 bits per heavy atom. The van der Waals surface area contributed by atoms with Gasteiger partial charge in [0.1, 0.15) is 11.4 Å². The molecule has 10 heteroatoms. The van der Waals surface area contributed by atoms with E-state index in [0.29, 0.717) is 36.2 Å². The quantitative estimate of drug-likeness (QED) is 0.165. The van der Waals surface area contributed by atoms with Crippen LogP contribution in [0, 0.1) is 23.5 Å². The number of nitrogens with zero attached hydrogens (tertiary/aromatic N) is 4. The normalized spacial score (nSPS) is 10.8. The van der Waals surface area contributed by atoms with Crippen LogP contribution in [-0.2, 0) is 13.0 Å². The van der Waals surface area contributed by atoms with Gasteiger partial charge >= 0.3 is 0 Å². The van der Waals surface area contributed by atoms with E-state index in [1.807, 2.05) is 30.3 Å². The fourth-order valence-corrected chi connectivity index (χ4v) is 4.67. The Kier molecular flexibility index (Phi) is 9.92. The summed E-state index contributed by atoms with van der Waals surface area (Å²) in [5.74, 6) is 4.21. The highest BCUT2D eigenvalue weighted by Crippen LogP contribution is 2.16. The average molecular weight is 607 g/mol. The van der Waals surface area contributed by atoms with E-state index in [1.165, 1.54) is 23.2 Å². The van der Waals surface area contributed by atoms with Crippen molar-refractivity contribution in [2.75, 3.05) is 6.61 Å².